The van der Waals surface area contributed by atoms with E-state index in [2.05, 4.69) is 29.9 Å². The summed E-state index contributed by atoms with van der Waals surface area (Å²) in [6, 6.07) is 2.19. The summed E-state index contributed by atoms with van der Waals surface area (Å²) in [6.45, 7) is 7.10. The largest absolute Gasteiger partial charge is 0.329 e. The van der Waals surface area contributed by atoms with Crippen LogP contribution >= 0.6 is 0 Å². The Hall–Kier alpha value is -0.870. The van der Waals surface area contributed by atoms with E-state index in [4.69, 9.17) is 5.73 Å². The second kappa shape index (κ2) is 6.06. The van der Waals surface area contributed by atoms with Gasteiger partial charge < -0.3 is 5.73 Å². The van der Waals surface area contributed by atoms with Crippen LogP contribution in [0.2, 0.25) is 0 Å². The standard InChI is InChI=1S/C15H28N4/c1-4-19(11-14-10-13(2)17-18(14)3)15(12-16)8-6-5-7-9-15/h10H,4-9,11-12,16H2,1-3H3. The van der Waals surface area contributed by atoms with Crippen LogP contribution in [-0.2, 0) is 13.6 Å². The van der Waals surface area contributed by atoms with Gasteiger partial charge in [-0.1, -0.05) is 26.2 Å². The summed E-state index contributed by atoms with van der Waals surface area (Å²) in [7, 11) is 2.03. The lowest BCUT2D eigenvalue weighted by atomic mass is 9.80. The number of aromatic nitrogens is 2. The summed E-state index contributed by atoms with van der Waals surface area (Å²) >= 11 is 0. The lowest BCUT2D eigenvalue weighted by Gasteiger charge is -2.45. The third kappa shape index (κ3) is 3.00. The molecular formula is C15H28N4. The van der Waals surface area contributed by atoms with Gasteiger partial charge in [0.1, 0.15) is 0 Å². The maximum Gasteiger partial charge on any atom is 0.0597 e. The first-order valence-corrected chi connectivity index (χ1v) is 7.56. The highest BCUT2D eigenvalue weighted by molar-refractivity contribution is 5.09. The number of rotatable bonds is 5. The minimum Gasteiger partial charge on any atom is -0.329 e. The molecule has 0 unspecified atom stereocenters. The van der Waals surface area contributed by atoms with Crippen molar-refractivity contribution in [2.24, 2.45) is 12.8 Å². The zero-order chi connectivity index (χ0) is 13.9. The van der Waals surface area contributed by atoms with Crippen LogP contribution in [0.1, 0.15) is 50.4 Å². The van der Waals surface area contributed by atoms with Gasteiger partial charge in [0, 0.05) is 25.7 Å². The van der Waals surface area contributed by atoms with Gasteiger partial charge in [-0.05, 0) is 32.4 Å². The van der Waals surface area contributed by atoms with Gasteiger partial charge in [-0.3, -0.25) is 9.58 Å². The van der Waals surface area contributed by atoms with Crippen molar-refractivity contribution in [3.05, 3.63) is 17.5 Å². The van der Waals surface area contributed by atoms with Crippen LogP contribution in [0.5, 0.6) is 0 Å². The highest BCUT2D eigenvalue weighted by Crippen LogP contribution is 2.33. The molecule has 1 aliphatic rings. The van der Waals surface area contributed by atoms with E-state index in [1.165, 1.54) is 37.8 Å². The smallest absolute Gasteiger partial charge is 0.0597 e. The minimum absolute atomic E-state index is 0.213. The second-order valence-electron chi connectivity index (χ2n) is 5.90. The van der Waals surface area contributed by atoms with E-state index in [1.54, 1.807) is 0 Å². The first-order valence-electron chi connectivity index (χ1n) is 7.56. The third-order valence-electron chi connectivity index (χ3n) is 4.67. The topological polar surface area (TPSA) is 47.1 Å². The number of hydrogen-bond donors (Lipinski definition) is 1. The van der Waals surface area contributed by atoms with E-state index in [0.717, 1.165) is 25.3 Å². The van der Waals surface area contributed by atoms with Crippen molar-refractivity contribution in [1.29, 1.82) is 0 Å². The Bertz CT molecular complexity index is 404. The molecule has 1 aliphatic carbocycles. The molecule has 1 aromatic heterocycles. The molecule has 1 aromatic rings. The highest BCUT2D eigenvalue weighted by Gasteiger charge is 2.36. The Balaban J connectivity index is 2.16. The van der Waals surface area contributed by atoms with Crippen LogP contribution in [0, 0.1) is 6.92 Å². The molecule has 2 N–H and O–H groups in total. The number of hydrogen-bond acceptors (Lipinski definition) is 3. The van der Waals surface area contributed by atoms with Gasteiger partial charge in [0.25, 0.3) is 0 Å². The molecule has 1 saturated carbocycles. The zero-order valence-corrected chi connectivity index (χ0v) is 12.7. The third-order valence-corrected chi connectivity index (χ3v) is 4.67. The Labute approximate surface area is 117 Å². The van der Waals surface area contributed by atoms with Crippen molar-refractivity contribution in [2.45, 2.75) is 58.0 Å². The molecule has 0 bridgehead atoms. The zero-order valence-electron chi connectivity index (χ0n) is 12.7. The summed E-state index contributed by atoms with van der Waals surface area (Å²) in [4.78, 5) is 2.57. The fraction of sp³-hybridized carbons (Fsp3) is 0.800. The first kappa shape index (κ1) is 14.5. The average molecular weight is 264 g/mol. The van der Waals surface area contributed by atoms with Crippen LogP contribution < -0.4 is 5.73 Å². The lowest BCUT2D eigenvalue weighted by Crippen LogP contribution is -2.54. The summed E-state index contributed by atoms with van der Waals surface area (Å²) < 4.78 is 2.00. The summed E-state index contributed by atoms with van der Waals surface area (Å²) in [5.41, 5.74) is 8.75. The predicted octanol–water partition coefficient (Wildman–Crippen LogP) is 2.21. The molecule has 0 amide bonds. The summed E-state index contributed by atoms with van der Waals surface area (Å²) in [5.74, 6) is 0. The number of likely N-dealkylation sites (N-methyl/N-ethyl adjacent to an activating group) is 1. The van der Waals surface area contributed by atoms with Gasteiger partial charge in [0.05, 0.1) is 11.4 Å². The van der Waals surface area contributed by atoms with Crippen LogP contribution in [0.4, 0.5) is 0 Å². The molecule has 0 atom stereocenters. The van der Waals surface area contributed by atoms with Gasteiger partial charge in [-0.25, -0.2) is 0 Å². The molecule has 19 heavy (non-hydrogen) atoms. The molecule has 0 aromatic carbocycles. The highest BCUT2D eigenvalue weighted by atomic mass is 15.3. The van der Waals surface area contributed by atoms with Crippen LogP contribution in [0.25, 0.3) is 0 Å². The van der Waals surface area contributed by atoms with Crippen molar-refractivity contribution < 1.29 is 0 Å². The van der Waals surface area contributed by atoms with Crippen molar-refractivity contribution in [2.75, 3.05) is 13.1 Å². The monoisotopic (exact) mass is 264 g/mol. The molecule has 1 heterocycles. The van der Waals surface area contributed by atoms with Gasteiger partial charge in [-0.15, -0.1) is 0 Å². The molecule has 0 saturated heterocycles. The molecule has 108 valence electrons. The molecule has 0 radical (unpaired) electrons. The molecular weight excluding hydrogens is 236 g/mol. The lowest BCUT2D eigenvalue weighted by molar-refractivity contribution is 0.0526. The first-order chi connectivity index (χ1) is 9.11. The van der Waals surface area contributed by atoms with Crippen molar-refractivity contribution >= 4 is 0 Å². The van der Waals surface area contributed by atoms with Crippen molar-refractivity contribution in [3.63, 3.8) is 0 Å². The quantitative estimate of drug-likeness (QED) is 0.887. The van der Waals surface area contributed by atoms with E-state index in [1.807, 2.05) is 11.7 Å². The van der Waals surface area contributed by atoms with Crippen molar-refractivity contribution in [3.8, 4) is 0 Å². The Morgan fingerprint density at radius 3 is 2.53 bits per heavy atom. The number of nitrogens with zero attached hydrogens (tertiary/aromatic N) is 3. The maximum atomic E-state index is 6.15. The fourth-order valence-corrected chi connectivity index (χ4v) is 3.48. The summed E-state index contributed by atoms with van der Waals surface area (Å²) in [6.07, 6.45) is 6.49. The summed E-state index contributed by atoms with van der Waals surface area (Å²) in [5, 5.41) is 4.45. The fourth-order valence-electron chi connectivity index (χ4n) is 3.48. The number of aryl methyl sites for hydroxylation is 2. The predicted molar refractivity (Wildman–Crippen MR) is 78.9 cm³/mol. The van der Waals surface area contributed by atoms with Gasteiger partial charge in [0.2, 0.25) is 0 Å². The van der Waals surface area contributed by atoms with E-state index < -0.39 is 0 Å². The second-order valence-corrected chi connectivity index (χ2v) is 5.90. The normalized spacial score (nSPS) is 19.0. The molecule has 4 heteroatoms. The molecule has 1 fully saturated rings. The van der Waals surface area contributed by atoms with Crippen LogP contribution in [0.15, 0.2) is 6.07 Å². The Morgan fingerprint density at radius 2 is 2.05 bits per heavy atom. The van der Waals surface area contributed by atoms with E-state index >= 15 is 0 Å². The maximum absolute atomic E-state index is 6.15. The molecule has 2 rings (SSSR count). The van der Waals surface area contributed by atoms with Gasteiger partial charge in [-0.2, -0.15) is 5.10 Å². The average Bonchev–Trinajstić information content (AvgIpc) is 2.75. The van der Waals surface area contributed by atoms with Crippen molar-refractivity contribution in [1.82, 2.24) is 14.7 Å². The molecule has 4 nitrogen and oxygen atoms in total. The van der Waals surface area contributed by atoms with Crippen LogP contribution in [0.3, 0.4) is 0 Å². The van der Waals surface area contributed by atoms with Gasteiger partial charge >= 0.3 is 0 Å². The van der Waals surface area contributed by atoms with Crippen LogP contribution in [-0.4, -0.2) is 33.3 Å². The Morgan fingerprint density at radius 1 is 1.37 bits per heavy atom. The SMILES string of the molecule is CCN(Cc1cc(C)nn1C)C1(CN)CCCCC1. The molecule has 0 aliphatic heterocycles. The van der Waals surface area contributed by atoms with E-state index in [-0.39, 0.29) is 5.54 Å². The number of nitrogens with two attached hydrogens (primary N) is 1. The van der Waals surface area contributed by atoms with E-state index in [0.29, 0.717) is 0 Å². The van der Waals surface area contributed by atoms with Gasteiger partial charge in [0.15, 0.2) is 0 Å². The molecule has 0 spiro atoms. The van der Waals surface area contributed by atoms with E-state index in [9.17, 15) is 0 Å². The minimum atomic E-state index is 0.213. The Kier molecular flexibility index (Phi) is 4.63.